The van der Waals surface area contributed by atoms with Gasteiger partial charge in [0, 0.05) is 30.7 Å². The van der Waals surface area contributed by atoms with E-state index in [0.29, 0.717) is 5.69 Å². The first-order valence-electron chi connectivity index (χ1n) is 6.26. The normalized spacial score (nSPS) is 10.3. The van der Waals surface area contributed by atoms with Gasteiger partial charge in [0.25, 0.3) is 5.56 Å². The molecule has 0 saturated carbocycles. The molecule has 2 N–H and O–H groups in total. The Bertz CT molecular complexity index is 692. The predicted molar refractivity (Wildman–Crippen MR) is 79.7 cm³/mol. The van der Waals surface area contributed by atoms with Crippen LogP contribution in [0, 0.1) is 6.92 Å². The fraction of sp³-hybridized carbons (Fsp3) is 0.200. The third-order valence-electron chi connectivity index (χ3n) is 3.08. The van der Waals surface area contributed by atoms with Crippen molar-refractivity contribution in [3.63, 3.8) is 0 Å². The summed E-state index contributed by atoms with van der Waals surface area (Å²) in [6.45, 7) is 1.93. The Labute approximate surface area is 117 Å². The molecule has 0 atom stereocenters. The lowest BCUT2D eigenvalue weighted by atomic mass is 10.2. The van der Waals surface area contributed by atoms with Crippen LogP contribution in [0.5, 0.6) is 0 Å². The van der Waals surface area contributed by atoms with Crippen LogP contribution in [0.3, 0.4) is 0 Å². The van der Waals surface area contributed by atoms with Gasteiger partial charge in [-0.15, -0.1) is 0 Å². The SMILES string of the molecule is Cc1cccc(N(C)C(=O)Cn2cc(N)ccc2=O)c1. The van der Waals surface area contributed by atoms with Crippen LogP contribution in [0.1, 0.15) is 5.56 Å². The van der Waals surface area contributed by atoms with Crippen molar-refractivity contribution in [2.45, 2.75) is 13.5 Å². The van der Waals surface area contributed by atoms with Crippen LogP contribution in [-0.4, -0.2) is 17.5 Å². The van der Waals surface area contributed by atoms with Crippen molar-refractivity contribution in [1.82, 2.24) is 4.57 Å². The minimum Gasteiger partial charge on any atom is -0.398 e. The van der Waals surface area contributed by atoms with Crippen LogP contribution in [0.15, 0.2) is 47.4 Å². The van der Waals surface area contributed by atoms with E-state index in [1.165, 1.54) is 27.8 Å². The second kappa shape index (κ2) is 5.61. The fourth-order valence-electron chi connectivity index (χ4n) is 1.91. The molecule has 0 aliphatic heterocycles. The molecule has 1 amide bonds. The molecule has 20 heavy (non-hydrogen) atoms. The summed E-state index contributed by atoms with van der Waals surface area (Å²) in [5, 5.41) is 0. The average Bonchev–Trinajstić information content (AvgIpc) is 2.42. The van der Waals surface area contributed by atoms with Crippen molar-refractivity contribution in [1.29, 1.82) is 0 Å². The van der Waals surface area contributed by atoms with Gasteiger partial charge in [0.05, 0.1) is 0 Å². The Morgan fingerprint density at radius 1 is 1.30 bits per heavy atom. The first-order valence-corrected chi connectivity index (χ1v) is 6.26. The highest BCUT2D eigenvalue weighted by Gasteiger charge is 2.12. The number of likely N-dealkylation sites (N-methyl/N-ethyl adjacent to an activating group) is 1. The summed E-state index contributed by atoms with van der Waals surface area (Å²) < 4.78 is 1.31. The number of hydrogen-bond acceptors (Lipinski definition) is 3. The Hall–Kier alpha value is -2.56. The zero-order chi connectivity index (χ0) is 14.7. The largest absolute Gasteiger partial charge is 0.398 e. The van der Waals surface area contributed by atoms with E-state index >= 15 is 0 Å². The highest BCUT2D eigenvalue weighted by molar-refractivity contribution is 5.92. The summed E-state index contributed by atoms with van der Waals surface area (Å²) in [6, 6.07) is 10.5. The van der Waals surface area contributed by atoms with E-state index in [1.807, 2.05) is 31.2 Å². The van der Waals surface area contributed by atoms with Crippen LogP contribution in [0.2, 0.25) is 0 Å². The third-order valence-corrected chi connectivity index (χ3v) is 3.08. The second-order valence-corrected chi connectivity index (χ2v) is 4.72. The molecule has 5 heteroatoms. The topological polar surface area (TPSA) is 68.3 Å². The maximum Gasteiger partial charge on any atom is 0.251 e. The molecule has 1 aromatic heterocycles. The van der Waals surface area contributed by atoms with Crippen LogP contribution in [0.4, 0.5) is 11.4 Å². The van der Waals surface area contributed by atoms with Gasteiger partial charge >= 0.3 is 0 Å². The summed E-state index contributed by atoms with van der Waals surface area (Å²) >= 11 is 0. The number of nitrogens with zero attached hydrogens (tertiary/aromatic N) is 2. The summed E-state index contributed by atoms with van der Waals surface area (Å²) in [5.74, 6) is -0.177. The standard InChI is InChI=1S/C15H17N3O2/c1-11-4-3-5-13(8-11)17(2)15(20)10-18-9-12(16)6-7-14(18)19/h3-9H,10,16H2,1-2H3. The van der Waals surface area contributed by atoms with Gasteiger partial charge in [-0.3, -0.25) is 9.59 Å². The number of pyridine rings is 1. The molecular formula is C15H17N3O2. The monoisotopic (exact) mass is 271 g/mol. The van der Waals surface area contributed by atoms with Gasteiger partial charge in [0.15, 0.2) is 0 Å². The Morgan fingerprint density at radius 3 is 2.75 bits per heavy atom. The highest BCUT2D eigenvalue weighted by atomic mass is 16.2. The van der Waals surface area contributed by atoms with Gasteiger partial charge in [-0.2, -0.15) is 0 Å². The Balaban J connectivity index is 2.20. The minimum atomic E-state index is -0.245. The fourth-order valence-corrected chi connectivity index (χ4v) is 1.91. The number of hydrogen-bond donors (Lipinski definition) is 1. The first-order chi connectivity index (χ1) is 9.47. The van der Waals surface area contributed by atoms with E-state index in [4.69, 9.17) is 5.73 Å². The smallest absolute Gasteiger partial charge is 0.251 e. The minimum absolute atomic E-state index is 0.0334. The number of nitrogen functional groups attached to an aromatic ring is 1. The van der Waals surface area contributed by atoms with Crippen molar-refractivity contribution in [3.8, 4) is 0 Å². The number of anilines is 2. The van der Waals surface area contributed by atoms with Gasteiger partial charge in [-0.05, 0) is 30.7 Å². The van der Waals surface area contributed by atoms with Gasteiger partial charge < -0.3 is 15.2 Å². The zero-order valence-corrected chi connectivity index (χ0v) is 11.5. The van der Waals surface area contributed by atoms with Crippen molar-refractivity contribution in [2.75, 3.05) is 17.7 Å². The second-order valence-electron chi connectivity index (χ2n) is 4.72. The van der Waals surface area contributed by atoms with Crippen LogP contribution < -0.4 is 16.2 Å². The van der Waals surface area contributed by atoms with Gasteiger partial charge in [-0.25, -0.2) is 0 Å². The van der Waals surface area contributed by atoms with E-state index in [0.717, 1.165) is 11.3 Å². The molecule has 0 aliphatic carbocycles. The molecule has 0 spiro atoms. The summed E-state index contributed by atoms with van der Waals surface area (Å²) in [4.78, 5) is 25.4. The number of carbonyl (C=O) groups excluding carboxylic acids is 1. The quantitative estimate of drug-likeness (QED) is 0.917. The molecule has 0 saturated heterocycles. The maximum absolute atomic E-state index is 12.2. The van der Waals surface area contributed by atoms with E-state index in [1.54, 1.807) is 7.05 Å². The molecule has 1 heterocycles. The summed E-state index contributed by atoms with van der Waals surface area (Å²) in [7, 11) is 1.69. The average molecular weight is 271 g/mol. The van der Waals surface area contributed by atoms with Crippen molar-refractivity contribution < 1.29 is 4.79 Å². The van der Waals surface area contributed by atoms with Crippen molar-refractivity contribution in [2.24, 2.45) is 0 Å². The van der Waals surface area contributed by atoms with Crippen LogP contribution in [-0.2, 0) is 11.3 Å². The molecular weight excluding hydrogens is 254 g/mol. The molecule has 0 fully saturated rings. The Morgan fingerprint density at radius 2 is 2.05 bits per heavy atom. The lowest BCUT2D eigenvalue weighted by Crippen LogP contribution is -2.33. The Kier molecular flexibility index (Phi) is 3.89. The molecule has 104 valence electrons. The van der Waals surface area contributed by atoms with Gasteiger partial charge in [0.2, 0.25) is 5.91 Å². The number of aryl methyl sites for hydroxylation is 1. The van der Waals surface area contributed by atoms with E-state index in [2.05, 4.69) is 0 Å². The molecule has 0 radical (unpaired) electrons. The number of aromatic nitrogens is 1. The highest BCUT2D eigenvalue weighted by Crippen LogP contribution is 2.14. The lowest BCUT2D eigenvalue weighted by Gasteiger charge is -2.18. The molecule has 0 unspecified atom stereocenters. The molecule has 2 rings (SSSR count). The molecule has 2 aromatic rings. The molecule has 0 aliphatic rings. The number of benzene rings is 1. The summed E-state index contributed by atoms with van der Waals surface area (Å²) in [6.07, 6.45) is 1.48. The maximum atomic E-state index is 12.2. The molecule has 0 bridgehead atoms. The van der Waals surface area contributed by atoms with E-state index < -0.39 is 0 Å². The molecule has 5 nitrogen and oxygen atoms in total. The van der Waals surface area contributed by atoms with Crippen molar-refractivity contribution >= 4 is 17.3 Å². The lowest BCUT2D eigenvalue weighted by molar-refractivity contribution is -0.118. The summed E-state index contributed by atoms with van der Waals surface area (Å²) in [5.41, 5.74) is 7.71. The number of rotatable bonds is 3. The number of carbonyl (C=O) groups is 1. The number of nitrogens with two attached hydrogens (primary N) is 1. The van der Waals surface area contributed by atoms with Gasteiger partial charge in [-0.1, -0.05) is 12.1 Å². The third kappa shape index (κ3) is 3.06. The van der Waals surface area contributed by atoms with Gasteiger partial charge in [0.1, 0.15) is 6.54 Å². The van der Waals surface area contributed by atoms with Crippen LogP contribution in [0.25, 0.3) is 0 Å². The van der Waals surface area contributed by atoms with Crippen LogP contribution >= 0.6 is 0 Å². The predicted octanol–water partition coefficient (Wildman–Crippen LogP) is 1.40. The van der Waals surface area contributed by atoms with E-state index in [-0.39, 0.29) is 18.0 Å². The first kappa shape index (κ1) is 13.9. The molecule has 1 aromatic carbocycles. The van der Waals surface area contributed by atoms with Crippen molar-refractivity contribution in [3.05, 3.63) is 58.5 Å². The van der Waals surface area contributed by atoms with E-state index in [9.17, 15) is 9.59 Å². The number of amides is 1. The zero-order valence-electron chi connectivity index (χ0n) is 11.5.